The Balaban J connectivity index is 1.21. The number of rotatable bonds is 4. The monoisotopic (exact) mass is 591 g/mol. The van der Waals surface area contributed by atoms with Crippen LogP contribution in [0.4, 0.5) is 9.59 Å². The topological polar surface area (TPSA) is 108 Å². The SMILES string of the molecule is CC(C)(C)OC(=O)N1CCN(C(=O)N2CC[C@@](O)(Cn3cnc(C4CC4)cc3=O)C3(CCCC3)C2)[C@H](c2ccccc2)C1. The maximum atomic E-state index is 14.3. The second kappa shape index (κ2) is 11.3. The maximum Gasteiger partial charge on any atom is 0.410 e. The predicted octanol–water partition coefficient (Wildman–Crippen LogP) is 4.53. The van der Waals surface area contributed by atoms with Gasteiger partial charge in [0.2, 0.25) is 0 Å². The van der Waals surface area contributed by atoms with E-state index in [0.717, 1.165) is 49.8 Å². The lowest BCUT2D eigenvalue weighted by molar-refractivity contribution is -0.137. The summed E-state index contributed by atoms with van der Waals surface area (Å²) in [4.78, 5) is 50.3. The molecular formula is C33H45N5O5. The van der Waals surface area contributed by atoms with Crippen molar-refractivity contribution in [2.75, 3.05) is 32.7 Å². The average Bonchev–Trinajstić information content (AvgIpc) is 3.72. The third kappa shape index (κ3) is 6.03. The van der Waals surface area contributed by atoms with Crippen LogP contribution in [-0.4, -0.2) is 85.4 Å². The Labute approximate surface area is 253 Å². The number of carbonyl (C=O) groups is 2. The van der Waals surface area contributed by atoms with E-state index in [1.807, 2.05) is 60.9 Å². The molecule has 1 aromatic heterocycles. The van der Waals surface area contributed by atoms with E-state index < -0.39 is 16.6 Å². The molecule has 3 heterocycles. The minimum atomic E-state index is -1.11. The van der Waals surface area contributed by atoms with Crippen molar-refractivity contribution < 1.29 is 19.4 Å². The van der Waals surface area contributed by atoms with Crippen molar-refractivity contribution in [1.82, 2.24) is 24.3 Å². The maximum absolute atomic E-state index is 14.3. The number of hydrogen-bond donors (Lipinski definition) is 1. The van der Waals surface area contributed by atoms with E-state index in [-0.39, 0.29) is 30.3 Å². The minimum absolute atomic E-state index is 0.0707. The van der Waals surface area contributed by atoms with Crippen molar-refractivity contribution in [2.24, 2.45) is 5.41 Å². The standard InChI is InChI=1S/C33H45N5O5/c1-31(2,3)43-30(41)35-17-18-38(27(20-35)25-9-5-4-6-10-25)29(40)36-16-15-33(42,32(21-36)13-7-8-14-32)22-37-23-34-26(19-28(37)39)24-11-12-24/h4-6,9-10,19,23-24,27,42H,7-8,11-18,20-22H2,1-3H3/t27-,33+/m0/s1. The van der Waals surface area contributed by atoms with E-state index in [4.69, 9.17) is 4.74 Å². The third-order valence-corrected chi connectivity index (χ3v) is 9.90. The van der Waals surface area contributed by atoms with Gasteiger partial charge in [0.15, 0.2) is 0 Å². The summed E-state index contributed by atoms with van der Waals surface area (Å²) in [6.07, 6.45) is 7.37. The first-order valence-corrected chi connectivity index (χ1v) is 15.8. The molecule has 4 fully saturated rings. The highest BCUT2D eigenvalue weighted by Gasteiger charge is 2.56. The molecule has 0 unspecified atom stereocenters. The van der Waals surface area contributed by atoms with Crippen molar-refractivity contribution in [2.45, 2.75) is 95.4 Å². The smallest absolute Gasteiger partial charge is 0.410 e. The second-order valence-corrected chi connectivity index (χ2v) is 14.1. The van der Waals surface area contributed by atoms with Crippen molar-refractivity contribution in [3.05, 3.63) is 64.3 Å². The summed E-state index contributed by atoms with van der Waals surface area (Å²) < 4.78 is 7.21. The summed E-state index contributed by atoms with van der Waals surface area (Å²) in [6, 6.07) is 11.1. The number of carbonyl (C=O) groups excluding carboxylic acids is 2. The van der Waals surface area contributed by atoms with Crippen molar-refractivity contribution >= 4 is 12.1 Å². The fourth-order valence-corrected chi connectivity index (χ4v) is 7.35. The summed E-state index contributed by atoms with van der Waals surface area (Å²) in [5, 5.41) is 12.2. The number of benzene rings is 1. The summed E-state index contributed by atoms with van der Waals surface area (Å²) in [7, 11) is 0. The second-order valence-electron chi connectivity index (χ2n) is 14.1. The lowest BCUT2D eigenvalue weighted by Crippen LogP contribution is -2.64. The number of likely N-dealkylation sites (tertiary alicyclic amines) is 1. The van der Waals surface area contributed by atoms with Crippen molar-refractivity contribution in [3.8, 4) is 0 Å². The molecule has 1 N–H and O–H groups in total. The molecule has 10 nitrogen and oxygen atoms in total. The van der Waals surface area contributed by atoms with E-state index >= 15 is 0 Å². The lowest BCUT2D eigenvalue weighted by atomic mass is 9.66. The van der Waals surface area contributed by atoms with Crippen LogP contribution < -0.4 is 5.56 Å². The molecule has 2 aliphatic heterocycles. The molecule has 4 aliphatic rings. The Kier molecular flexibility index (Phi) is 7.77. The van der Waals surface area contributed by atoms with Gasteiger partial charge in [-0.1, -0.05) is 43.2 Å². The van der Waals surface area contributed by atoms with Gasteiger partial charge in [0, 0.05) is 50.1 Å². The molecule has 2 saturated carbocycles. The fourth-order valence-electron chi connectivity index (χ4n) is 7.35. The van der Waals surface area contributed by atoms with Gasteiger partial charge in [-0.3, -0.25) is 9.36 Å². The van der Waals surface area contributed by atoms with Crippen LogP contribution in [-0.2, 0) is 11.3 Å². The Hall–Kier alpha value is -3.40. The molecular weight excluding hydrogens is 546 g/mol. The Morgan fingerprint density at radius 2 is 1.74 bits per heavy atom. The van der Waals surface area contributed by atoms with E-state index in [1.54, 1.807) is 21.9 Å². The first kappa shape index (κ1) is 29.7. The zero-order chi connectivity index (χ0) is 30.4. The highest BCUT2D eigenvalue weighted by atomic mass is 16.6. The van der Waals surface area contributed by atoms with Crippen LogP contribution in [0.3, 0.4) is 0 Å². The van der Waals surface area contributed by atoms with E-state index in [2.05, 4.69) is 4.98 Å². The van der Waals surface area contributed by atoms with E-state index in [1.165, 1.54) is 0 Å². The first-order chi connectivity index (χ1) is 20.5. The van der Waals surface area contributed by atoms with Gasteiger partial charge in [-0.2, -0.15) is 0 Å². The molecule has 1 spiro atoms. The van der Waals surface area contributed by atoms with Crippen molar-refractivity contribution in [3.63, 3.8) is 0 Å². The van der Waals surface area contributed by atoms with Gasteiger partial charge >= 0.3 is 12.1 Å². The highest BCUT2D eigenvalue weighted by molar-refractivity contribution is 5.76. The Morgan fingerprint density at radius 1 is 1.02 bits per heavy atom. The predicted molar refractivity (Wildman–Crippen MR) is 162 cm³/mol. The molecule has 232 valence electrons. The van der Waals surface area contributed by atoms with Crippen LogP contribution in [0.1, 0.15) is 88.9 Å². The van der Waals surface area contributed by atoms with Gasteiger partial charge in [-0.25, -0.2) is 14.6 Å². The van der Waals surface area contributed by atoms with Gasteiger partial charge in [0.05, 0.1) is 30.2 Å². The molecule has 2 aliphatic carbocycles. The highest BCUT2D eigenvalue weighted by Crippen LogP contribution is 2.52. The summed E-state index contributed by atoms with van der Waals surface area (Å²) >= 11 is 0. The molecule has 43 heavy (non-hydrogen) atoms. The average molecular weight is 592 g/mol. The van der Waals surface area contributed by atoms with Gasteiger partial charge < -0.3 is 24.5 Å². The Bertz CT molecular complexity index is 1390. The number of nitrogens with zero attached hydrogens (tertiary/aromatic N) is 5. The molecule has 0 radical (unpaired) electrons. The number of amides is 3. The van der Waals surface area contributed by atoms with Gasteiger partial charge in [-0.05, 0) is 58.4 Å². The Morgan fingerprint density at radius 3 is 2.40 bits per heavy atom. The molecule has 6 rings (SSSR count). The summed E-state index contributed by atoms with van der Waals surface area (Å²) in [5.41, 5.74) is -0.506. The number of aliphatic hydroxyl groups is 1. The van der Waals surface area contributed by atoms with Crippen LogP contribution in [0.5, 0.6) is 0 Å². The minimum Gasteiger partial charge on any atom is -0.444 e. The number of ether oxygens (including phenoxy) is 1. The fraction of sp³-hybridized carbons (Fsp3) is 0.636. The molecule has 10 heteroatoms. The van der Waals surface area contributed by atoms with Crippen LogP contribution in [0, 0.1) is 5.41 Å². The lowest BCUT2D eigenvalue weighted by Gasteiger charge is -2.53. The zero-order valence-electron chi connectivity index (χ0n) is 25.7. The van der Waals surface area contributed by atoms with Crippen LogP contribution in [0.25, 0.3) is 0 Å². The number of urea groups is 1. The normalized spacial score (nSPS) is 25.7. The third-order valence-electron chi connectivity index (χ3n) is 9.90. The van der Waals surface area contributed by atoms with Gasteiger partial charge in [0.25, 0.3) is 5.56 Å². The van der Waals surface area contributed by atoms with Crippen molar-refractivity contribution in [1.29, 1.82) is 0 Å². The largest absolute Gasteiger partial charge is 0.444 e. The first-order valence-electron chi connectivity index (χ1n) is 15.8. The van der Waals surface area contributed by atoms with E-state index in [9.17, 15) is 19.5 Å². The molecule has 1 aromatic carbocycles. The molecule has 2 saturated heterocycles. The van der Waals surface area contributed by atoms with Crippen LogP contribution in [0.15, 0.2) is 47.5 Å². The van der Waals surface area contributed by atoms with Gasteiger partial charge in [-0.15, -0.1) is 0 Å². The van der Waals surface area contributed by atoms with Crippen LogP contribution >= 0.6 is 0 Å². The summed E-state index contributed by atoms with van der Waals surface area (Å²) in [5.74, 6) is 0.395. The summed E-state index contributed by atoms with van der Waals surface area (Å²) in [6.45, 7) is 7.71. The quantitative estimate of drug-likeness (QED) is 0.560. The molecule has 2 atom stereocenters. The van der Waals surface area contributed by atoms with Crippen LogP contribution in [0.2, 0.25) is 0 Å². The number of piperazine rings is 1. The number of piperidine rings is 1. The number of hydrogen-bond acceptors (Lipinski definition) is 6. The van der Waals surface area contributed by atoms with Gasteiger partial charge in [0.1, 0.15) is 5.60 Å². The number of aromatic nitrogens is 2. The van der Waals surface area contributed by atoms with E-state index in [0.29, 0.717) is 45.1 Å². The zero-order valence-corrected chi connectivity index (χ0v) is 25.7. The molecule has 2 aromatic rings. The molecule has 3 amide bonds. The molecule has 0 bridgehead atoms.